The Morgan fingerprint density at radius 2 is 1.88 bits per heavy atom. The van der Waals surface area contributed by atoms with Crippen LogP contribution >= 0.6 is 0 Å². The maximum atomic E-state index is 12.2. The fourth-order valence-corrected chi connectivity index (χ4v) is 3.98. The maximum Gasteiger partial charge on any atom is 0.230 e. The van der Waals surface area contributed by atoms with Crippen molar-refractivity contribution < 1.29 is 9.21 Å². The van der Waals surface area contributed by atoms with Crippen molar-refractivity contribution in [3.63, 3.8) is 0 Å². The van der Waals surface area contributed by atoms with Gasteiger partial charge in [-0.1, -0.05) is 27.7 Å². The third kappa shape index (κ3) is 3.48. The third-order valence-electron chi connectivity index (χ3n) is 5.23. The fraction of sp³-hybridized carbons (Fsp3) is 0.833. The Morgan fingerprint density at radius 1 is 1.17 bits per heavy atom. The number of hydrogen-bond donors (Lipinski definition) is 0. The van der Waals surface area contributed by atoms with E-state index in [4.69, 9.17) is 4.42 Å². The summed E-state index contributed by atoms with van der Waals surface area (Å²) in [6.45, 7) is 10.8. The molecule has 0 saturated carbocycles. The average Bonchev–Trinajstić information content (AvgIpc) is 3.25. The molecule has 0 N–H and O–H groups in total. The smallest absolute Gasteiger partial charge is 0.230 e. The summed E-state index contributed by atoms with van der Waals surface area (Å²) in [5, 5.41) is 8.44. The molecule has 3 rings (SSSR count). The lowest BCUT2D eigenvalue weighted by Crippen LogP contribution is -2.47. The third-order valence-corrected chi connectivity index (χ3v) is 5.23. The summed E-state index contributed by atoms with van der Waals surface area (Å²) in [5.74, 6) is 1.67. The van der Waals surface area contributed by atoms with E-state index in [0.29, 0.717) is 36.8 Å². The molecule has 6 nitrogen and oxygen atoms in total. The first-order valence-corrected chi connectivity index (χ1v) is 9.26. The minimum atomic E-state index is -0.120. The van der Waals surface area contributed by atoms with Crippen LogP contribution in [0.5, 0.6) is 0 Å². The Hall–Kier alpha value is -1.43. The van der Waals surface area contributed by atoms with Crippen LogP contribution in [-0.2, 0) is 16.8 Å². The van der Waals surface area contributed by atoms with E-state index in [1.165, 1.54) is 6.42 Å². The minimum Gasteiger partial charge on any atom is -0.423 e. The molecule has 2 atom stereocenters. The number of nitrogens with zero attached hydrogens (tertiary/aromatic N) is 4. The first-order valence-electron chi connectivity index (χ1n) is 9.26. The van der Waals surface area contributed by atoms with Crippen molar-refractivity contribution in [1.29, 1.82) is 0 Å². The molecule has 24 heavy (non-hydrogen) atoms. The Labute approximate surface area is 144 Å². The molecule has 3 heterocycles. The summed E-state index contributed by atoms with van der Waals surface area (Å²) in [6, 6.07) is 0.776. The molecule has 0 aromatic carbocycles. The van der Waals surface area contributed by atoms with Gasteiger partial charge in [-0.25, -0.2) is 0 Å². The lowest BCUT2D eigenvalue weighted by Gasteiger charge is -2.34. The molecule has 1 aromatic rings. The molecular formula is C18H30N4O2. The molecular weight excluding hydrogens is 304 g/mol. The van der Waals surface area contributed by atoms with Crippen LogP contribution in [0, 0.1) is 0 Å². The topological polar surface area (TPSA) is 62.5 Å². The van der Waals surface area contributed by atoms with Gasteiger partial charge in [0.1, 0.15) is 0 Å². The van der Waals surface area contributed by atoms with E-state index in [1.54, 1.807) is 0 Å². The van der Waals surface area contributed by atoms with Gasteiger partial charge in [0.15, 0.2) is 0 Å². The molecule has 0 bridgehead atoms. The molecule has 2 aliphatic heterocycles. The summed E-state index contributed by atoms with van der Waals surface area (Å²) in [4.78, 5) is 16.8. The van der Waals surface area contributed by atoms with Crippen molar-refractivity contribution in [3.8, 4) is 0 Å². The van der Waals surface area contributed by atoms with Crippen LogP contribution < -0.4 is 0 Å². The number of carbonyl (C=O) groups is 1. The highest BCUT2D eigenvalue weighted by Gasteiger charge is 2.39. The molecule has 134 valence electrons. The van der Waals surface area contributed by atoms with E-state index in [9.17, 15) is 4.79 Å². The average molecular weight is 334 g/mol. The summed E-state index contributed by atoms with van der Waals surface area (Å²) in [5.41, 5.74) is -0.120. The molecule has 6 heteroatoms. The van der Waals surface area contributed by atoms with Crippen molar-refractivity contribution in [2.45, 2.75) is 83.8 Å². The number of aromatic nitrogens is 2. The minimum absolute atomic E-state index is 0.120. The molecule has 1 aromatic heterocycles. The van der Waals surface area contributed by atoms with E-state index in [-0.39, 0.29) is 11.3 Å². The van der Waals surface area contributed by atoms with E-state index in [2.05, 4.69) is 40.8 Å². The van der Waals surface area contributed by atoms with Crippen molar-refractivity contribution >= 4 is 5.91 Å². The van der Waals surface area contributed by atoms with E-state index < -0.39 is 0 Å². The second-order valence-corrected chi connectivity index (χ2v) is 8.08. The monoisotopic (exact) mass is 334 g/mol. The van der Waals surface area contributed by atoms with Crippen LogP contribution in [0.25, 0.3) is 0 Å². The highest BCUT2D eigenvalue weighted by Crippen LogP contribution is 2.31. The van der Waals surface area contributed by atoms with Gasteiger partial charge >= 0.3 is 0 Å². The van der Waals surface area contributed by atoms with E-state index in [1.807, 2.05) is 6.92 Å². The molecule has 0 unspecified atom stereocenters. The number of hydrogen-bond acceptors (Lipinski definition) is 5. The van der Waals surface area contributed by atoms with Crippen LogP contribution in [0.1, 0.15) is 71.6 Å². The van der Waals surface area contributed by atoms with E-state index >= 15 is 0 Å². The van der Waals surface area contributed by atoms with Crippen LogP contribution in [-0.4, -0.2) is 51.1 Å². The SMILES string of the molecule is CCC(=O)N1CCC[C@@H]1[C@@H]1CCCN1Cc1nnc(C(C)(C)C)o1. The van der Waals surface area contributed by atoms with Gasteiger partial charge in [0.2, 0.25) is 17.7 Å². The molecule has 2 aliphatic rings. The van der Waals surface area contributed by atoms with Crippen LogP contribution in [0.2, 0.25) is 0 Å². The predicted octanol–water partition coefficient (Wildman–Crippen LogP) is 2.73. The summed E-state index contributed by atoms with van der Waals surface area (Å²) < 4.78 is 5.87. The van der Waals surface area contributed by atoms with Gasteiger partial charge in [-0.2, -0.15) is 0 Å². The van der Waals surface area contributed by atoms with Crippen molar-refractivity contribution in [3.05, 3.63) is 11.8 Å². The summed E-state index contributed by atoms with van der Waals surface area (Å²) in [6.07, 6.45) is 5.16. The number of amides is 1. The normalized spacial score (nSPS) is 25.6. The summed E-state index contributed by atoms with van der Waals surface area (Å²) >= 11 is 0. The zero-order chi connectivity index (χ0) is 17.3. The van der Waals surface area contributed by atoms with Crippen LogP contribution in [0.15, 0.2) is 4.42 Å². The van der Waals surface area contributed by atoms with Crippen molar-refractivity contribution in [1.82, 2.24) is 20.0 Å². The lowest BCUT2D eigenvalue weighted by atomic mass is 9.97. The number of rotatable bonds is 4. The lowest BCUT2D eigenvalue weighted by molar-refractivity contribution is -0.132. The van der Waals surface area contributed by atoms with Gasteiger partial charge in [0.05, 0.1) is 6.54 Å². The first-order chi connectivity index (χ1) is 11.4. The highest BCUT2D eigenvalue weighted by molar-refractivity contribution is 5.76. The van der Waals surface area contributed by atoms with Crippen LogP contribution in [0.3, 0.4) is 0 Å². The maximum absolute atomic E-state index is 12.2. The van der Waals surface area contributed by atoms with Crippen molar-refractivity contribution in [2.24, 2.45) is 0 Å². The molecule has 0 spiro atoms. The van der Waals surface area contributed by atoms with E-state index in [0.717, 1.165) is 32.4 Å². The quantitative estimate of drug-likeness (QED) is 0.847. The van der Waals surface area contributed by atoms with Gasteiger partial charge in [-0.05, 0) is 32.2 Å². The number of likely N-dealkylation sites (tertiary alicyclic amines) is 2. The zero-order valence-electron chi connectivity index (χ0n) is 15.4. The molecule has 1 amide bonds. The summed E-state index contributed by atoms with van der Waals surface area (Å²) in [7, 11) is 0. The Bertz CT molecular complexity index is 578. The molecule has 2 fully saturated rings. The van der Waals surface area contributed by atoms with Crippen LogP contribution in [0.4, 0.5) is 0 Å². The van der Waals surface area contributed by atoms with Gasteiger partial charge in [-0.15, -0.1) is 10.2 Å². The predicted molar refractivity (Wildman–Crippen MR) is 91.5 cm³/mol. The highest BCUT2D eigenvalue weighted by atomic mass is 16.4. The van der Waals surface area contributed by atoms with Gasteiger partial charge < -0.3 is 9.32 Å². The molecule has 0 radical (unpaired) electrons. The largest absolute Gasteiger partial charge is 0.423 e. The molecule has 2 saturated heterocycles. The second kappa shape index (κ2) is 6.82. The Balaban J connectivity index is 1.69. The zero-order valence-corrected chi connectivity index (χ0v) is 15.4. The second-order valence-electron chi connectivity index (χ2n) is 8.08. The number of carbonyl (C=O) groups excluding carboxylic acids is 1. The van der Waals surface area contributed by atoms with Gasteiger partial charge in [0, 0.05) is 30.5 Å². The standard InChI is InChI=1S/C18H30N4O2/c1-5-16(23)22-11-7-9-14(22)13-8-6-10-21(13)12-15-19-20-17(24-15)18(2,3)4/h13-14H,5-12H2,1-4H3/t13-,14+/m0/s1. The van der Waals surface area contributed by atoms with Crippen molar-refractivity contribution in [2.75, 3.05) is 13.1 Å². The van der Waals surface area contributed by atoms with Gasteiger partial charge in [0.25, 0.3) is 0 Å². The fourth-order valence-electron chi connectivity index (χ4n) is 3.98. The molecule has 0 aliphatic carbocycles. The Morgan fingerprint density at radius 3 is 2.54 bits per heavy atom. The first kappa shape index (κ1) is 17.4. The Kier molecular flexibility index (Phi) is 4.95. The van der Waals surface area contributed by atoms with Gasteiger partial charge in [-0.3, -0.25) is 9.69 Å².